The summed E-state index contributed by atoms with van der Waals surface area (Å²) >= 11 is 11.6. The Hall–Kier alpha value is -10.1. The second kappa shape index (κ2) is 38.9. The Morgan fingerprint density at radius 1 is 0.267 bits per heavy atom. The molecule has 0 amide bonds. The second-order valence-corrected chi connectivity index (χ2v) is 21.7. The van der Waals surface area contributed by atoms with Crippen molar-refractivity contribution < 1.29 is 8.78 Å². The Morgan fingerprint density at radius 3 is 0.856 bits per heavy atom. The van der Waals surface area contributed by atoms with Gasteiger partial charge in [0.05, 0.1) is 0 Å². The van der Waals surface area contributed by atoms with Crippen molar-refractivity contribution in [2.75, 3.05) is 45.0 Å². The van der Waals surface area contributed by atoms with Gasteiger partial charge in [-0.25, -0.2) is 8.78 Å². The molecule has 90 heavy (non-hydrogen) atoms. The average Bonchev–Trinajstić information content (AvgIpc) is 3.76. The molecular weight excluding hydrogens is 1150 g/mol. The predicted molar refractivity (Wildman–Crippen MR) is 383 cm³/mol. The van der Waals surface area contributed by atoms with Gasteiger partial charge in [-0.1, -0.05) is 222 Å². The Morgan fingerprint density at radius 2 is 0.522 bits per heavy atom. The first-order valence-corrected chi connectivity index (χ1v) is 30.7. The van der Waals surface area contributed by atoms with Crippen molar-refractivity contribution in [3.05, 3.63) is 377 Å². The molecule has 0 fully saturated rings. The topological polar surface area (TPSA) is 72.2 Å². The van der Waals surface area contributed by atoms with Crippen molar-refractivity contribution in [1.29, 1.82) is 0 Å². The first kappa shape index (κ1) is 67.4. The third-order valence-corrected chi connectivity index (χ3v) is 14.0. The normalized spacial score (nSPS) is 9.94. The maximum absolute atomic E-state index is 13.3. The third kappa shape index (κ3) is 26.9. The number of nitrogens with one attached hydrogen (secondary N) is 6. The van der Waals surface area contributed by atoms with Gasteiger partial charge in [0.1, 0.15) is 11.6 Å². The Kier molecular flexibility index (Phi) is 29.1. The van der Waals surface area contributed by atoms with Crippen LogP contribution in [0.25, 0.3) is 0 Å². The summed E-state index contributed by atoms with van der Waals surface area (Å²) in [5.41, 5.74) is 15.8. The smallest absolute Gasteiger partial charge is 0.131 e. The minimum absolute atomic E-state index is 0.0589. The molecule has 6 N–H and O–H groups in total. The molecule has 0 bridgehead atoms. The predicted octanol–water partition coefficient (Wildman–Crippen LogP) is 22.8. The molecule has 12 aromatic rings. The molecule has 456 valence electrons. The van der Waals surface area contributed by atoms with Crippen molar-refractivity contribution in [2.45, 2.75) is 40.2 Å². The maximum atomic E-state index is 13.3. The fourth-order valence-electron chi connectivity index (χ4n) is 8.53. The van der Waals surface area contributed by atoms with Crippen LogP contribution in [0.1, 0.15) is 33.4 Å². The molecule has 6 nitrogen and oxygen atoms in total. The van der Waals surface area contributed by atoms with E-state index in [1.54, 1.807) is 0 Å². The lowest BCUT2D eigenvalue weighted by Gasteiger charge is -2.08. The van der Waals surface area contributed by atoms with Crippen molar-refractivity contribution in [3.63, 3.8) is 0 Å². The van der Waals surface area contributed by atoms with Crippen LogP contribution < -0.4 is 31.9 Å². The van der Waals surface area contributed by atoms with Gasteiger partial charge in [0.25, 0.3) is 0 Å². The van der Waals surface area contributed by atoms with Gasteiger partial charge in [-0.2, -0.15) is 0 Å². The summed E-state index contributed by atoms with van der Waals surface area (Å²) in [6, 6.07) is 106. The van der Waals surface area contributed by atoms with Crippen LogP contribution in [-0.4, -0.2) is 13.1 Å². The first-order chi connectivity index (χ1) is 44.0. The lowest BCUT2D eigenvalue weighted by molar-refractivity contribution is 0.569. The molecule has 0 heterocycles. The van der Waals surface area contributed by atoms with E-state index in [-0.39, 0.29) is 5.56 Å². The summed E-state index contributed by atoms with van der Waals surface area (Å²) in [4.78, 5) is 0. The number of anilines is 9. The number of rotatable bonds is 17. The quantitative estimate of drug-likeness (QED) is 0.0546. The van der Waals surface area contributed by atoms with E-state index in [1.165, 1.54) is 52.6 Å². The number of hydrogen-bond acceptors (Lipinski definition) is 6. The fraction of sp³-hybridized carbons (Fsp3) is 0.100. The summed E-state index contributed by atoms with van der Waals surface area (Å²) in [6.45, 7) is 8.12. The Bertz CT molecular complexity index is 3500. The zero-order valence-electron chi connectivity index (χ0n) is 51.1. The molecule has 0 aliphatic carbocycles. The summed E-state index contributed by atoms with van der Waals surface area (Å²) in [5.74, 6) is -1.03. The van der Waals surface area contributed by atoms with Crippen LogP contribution in [0.5, 0.6) is 0 Å². The van der Waals surface area contributed by atoms with Crippen molar-refractivity contribution in [2.24, 2.45) is 0 Å². The molecule has 0 unspecified atom stereocenters. The molecule has 0 radical (unpaired) electrons. The van der Waals surface area contributed by atoms with Crippen LogP contribution in [0, 0.1) is 32.4 Å². The molecule has 12 aromatic carbocycles. The van der Waals surface area contributed by atoms with Gasteiger partial charge in [0.15, 0.2) is 0 Å². The molecule has 0 saturated carbocycles. The van der Waals surface area contributed by atoms with Crippen molar-refractivity contribution in [1.82, 2.24) is 0 Å². The van der Waals surface area contributed by atoms with Gasteiger partial charge in [0.2, 0.25) is 0 Å². The van der Waals surface area contributed by atoms with E-state index >= 15 is 0 Å². The average molecular weight is 1230 g/mol. The van der Waals surface area contributed by atoms with Crippen LogP contribution in [-0.2, 0) is 19.4 Å². The first-order valence-electron chi connectivity index (χ1n) is 29.9. The molecule has 10 heteroatoms. The fourth-order valence-corrected chi connectivity index (χ4v) is 8.79. The monoisotopic (exact) mass is 1230 g/mol. The molecule has 0 aliphatic heterocycles. The zero-order valence-corrected chi connectivity index (χ0v) is 52.7. The van der Waals surface area contributed by atoms with E-state index in [0.717, 1.165) is 75.8 Å². The molecule has 0 atom stereocenters. The number of benzene rings is 12. The standard InChI is InChI=1S/C15H15F2N.2C14H15N.C13H13N.C12H9Cl2N.C12H11N/c1-11-14(16)9-13(10-15(11)17)18-8-7-12-5-3-2-4-6-12;1-11-3-7-13(8-4-11)15-14-9-5-12(2)6-10-14;1-3-7-13(8-4-1)11-12-15-14-9-5-2-6-10-14;1-3-7-12(8-4-1)11-14-13-9-5-2-6-10-13;13-9-1-5-11(6-2-9)15-12-7-3-10(14)4-8-12;1-3-7-11(8-4-1)13-12-9-5-2-6-10-12/h2-6,9-10,18H,7-8H2,1H3;3-10,15H,1-2H3;1-10,15H,11-12H2;1-10,14H,11H2;1-8,15H;1-10,13H. The van der Waals surface area contributed by atoms with E-state index in [4.69, 9.17) is 23.2 Å². The van der Waals surface area contributed by atoms with Crippen LogP contribution in [0.2, 0.25) is 10.0 Å². The van der Waals surface area contributed by atoms with Crippen LogP contribution >= 0.6 is 23.2 Å². The van der Waals surface area contributed by atoms with E-state index < -0.39 is 11.6 Å². The molecule has 12 rings (SSSR count). The van der Waals surface area contributed by atoms with Crippen molar-refractivity contribution in [3.8, 4) is 0 Å². The van der Waals surface area contributed by atoms with Gasteiger partial charge >= 0.3 is 0 Å². The minimum atomic E-state index is -0.516. The maximum Gasteiger partial charge on any atom is 0.131 e. The van der Waals surface area contributed by atoms with Gasteiger partial charge in [-0.3, -0.25) is 0 Å². The summed E-state index contributed by atoms with van der Waals surface area (Å²) in [6.07, 6.45) is 1.88. The number of halogens is 4. The van der Waals surface area contributed by atoms with Crippen LogP contribution in [0.4, 0.5) is 60.0 Å². The third-order valence-electron chi connectivity index (χ3n) is 13.5. The summed E-state index contributed by atoms with van der Waals surface area (Å²) in [7, 11) is 0. The number of hydrogen-bond donors (Lipinski definition) is 6. The van der Waals surface area contributed by atoms with Crippen LogP contribution in [0.15, 0.2) is 322 Å². The minimum Gasteiger partial charge on any atom is -0.385 e. The van der Waals surface area contributed by atoms with Crippen molar-refractivity contribution >= 4 is 74.4 Å². The SMILES string of the molecule is Cc1c(F)cc(NCCc2ccccc2)cc1F.Cc1ccc(Nc2ccc(C)cc2)cc1.Clc1ccc(Nc2ccc(Cl)cc2)cc1.c1ccc(CCNc2ccccc2)cc1.c1ccc(CNc2ccccc2)cc1.c1ccc(Nc2ccccc2)cc1. The van der Waals surface area contributed by atoms with Gasteiger partial charge in [-0.15, -0.1) is 0 Å². The van der Waals surface area contributed by atoms with E-state index in [1.807, 2.05) is 188 Å². The van der Waals surface area contributed by atoms with Gasteiger partial charge in [-0.05, 0) is 184 Å². The summed E-state index contributed by atoms with van der Waals surface area (Å²) in [5, 5.41) is 21.1. The Labute approximate surface area is 541 Å². The lowest BCUT2D eigenvalue weighted by atomic mass is 10.1. The molecule has 0 aliphatic rings. The molecule has 0 saturated heterocycles. The Balaban J connectivity index is 0.000000154. The highest BCUT2D eigenvalue weighted by molar-refractivity contribution is 6.31. The second-order valence-electron chi connectivity index (χ2n) is 20.8. The summed E-state index contributed by atoms with van der Waals surface area (Å²) < 4.78 is 26.6. The zero-order chi connectivity index (χ0) is 63.2. The lowest BCUT2D eigenvalue weighted by Crippen LogP contribution is -2.06. The number of aryl methyl sites for hydroxylation is 2. The van der Waals surface area contributed by atoms with E-state index in [0.29, 0.717) is 12.2 Å². The molecule has 0 spiro atoms. The van der Waals surface area contributed by atoms with Gasteiger partial charge < -0.3 is 31.9 Å². The highest BCUT2D eigenvalue weighted by Gasteiger charge is 2.06. The van der Waals surface area contributed by atoms with Crippen LogP contribution in [0.3, 0.4) is 0 Å². The van der Waals surface area contributed by atoms with Gasteiger partial charge in [0, 0.05) is 86.4 Å². The van der Waals surface area contributed by atoms with E-state index in [2.05, 4.69) is 167 Å². The highest BCUT2D eigenvalue weighted by atomic mass is 35.5. The highest BCUT2D eigenvalue weighted by Crippen LogP contribution is 2.22. The molecular formula is C80H78Cl2F2N6. The molecule has 0 aromatic heterocycles. The number of para-hydroxylation sites is 4. The van der Waals surface area contributed by atoms with E-state index in [9.17, 15) is 8.78 Å². The largest absolute Gasteiger partial charge is 0.385 e.